The molecule has 0 saturated carbocycles. The Morgan fingerprint density at radius 3 is 2.60 bits per heavy atom. The van der Waals surface area contributed by atoms with Crippen LogP contribution in [0.2, 0.25) is 0 Å². The third kappa shape index (κ3) is 3.67. The van der Waals surface area contributed by atoms with Crippen LogP contribution in [0.25, 0.3) is 0 Å². The summed E-state index contributed by atoms with van der Waals surface area (Å²) in [5.41, 5.74) is 1.24. The van der Waals surface area contributed by atoms with Gasteiger partial charge in [0.1, 0.15) is 0 Å². The van der Waals surface area contributed by atoms with Crippen LogP contribution in [0.5, 0.6) is 0 Å². The van der Waals surface area contributed by atoms with Crippen molar-refractivity contribution in [3.8, 4) is 0 Å². The predicted octanol–water partition coefficient (Wildman–Crippen LogP) is 2.39. The number of nitrogens with one attached hydrogen (secondary N) is 1. The van der Waals surface area contributed by atoms with Crippen LogP contribution in [-0.2, 0) is 0 Å². The van der Waals surface area contributed by atoms with Crippen molar-refractivity contribution < 1.29 is 0 Å². The van der Waals surface area contributed by atoms with Crippen LogP contribution in [0.4, 0.5) is 0 Å². The molecule has 0 aliphatic heterocycles. The van der Waals surface area contributed by atoms with Gasteiger partial charge in [-0.15, -0.1) is 0 Å². The SMILES string of the molecule is CCC(CNCC(C)C)n1nccc1C. The molecule has 1 unspecified atom stereocenters. The topological polar surface area (TPSA) is 29.9 Å². The minimum Gasteiger partial charge on any atom is -0.314 e. The third-order valence-electron chi connectivity index (χ3n) is 2.62. The van der Waals surface area contributed by atoms with E-state index in [0.717, 1.165) is 19.5 Å². The Kier molecular flexibility index (Phi) is 4.82. The van der Waals surface area contributed by atoms with Gasteiger partial charge in [-0.3, -0.25) is 4.68 Å². The monoisotopic (exact) mass is 209 g/mol. The first-order chi connectivity index (χ1) is 7.15. The maximum Gasteiger partial charge on any atom is 0.0644 e. The fraction of sp³-hybridized carbons (Fsp3) is 0.750. The van der Waals surface area contributed by atoms with E-state index >= 15 is 0 Å². The summed E-state index contributed by atoms with van der Waals surface area (Å²) in [6.45, 7) is 10.9. The molecule has 0 aliphatic rings. The molecule has 86 valence electrons. The zero-order chi connectivity index (χ0) is 11.3. The molecule has 0 radical (unpaired) electrons. The van der Waals surface area contributed by atoms with Gasteiger partial charge in [-0.25, -0.2) is 0 Å². The zero-order valence-corrected chi connectivity index (χ0v) is 10.3. The van der Waals surface area contributed by atoms with Crippen molar-refractivity contribution in [3.05, 3.63) is 18.0 Å². The average Bonchev–Trinajstić information content (AvgIpc) is 2.59. The van der Waals surface area contributed by atoms with Crippen molar-refractivity contribution in [1.29, 1.82) is 0 Å². The number of hydrogen-bond acceptors (Lipinski definition) is 2. The molecule has 1 N–H and O–H groups in total. The van der Waals surface area contributed by atoms with Gasteiger partial charge >= 0.3 is 0 Å². The summed E-state index contributed by atoms with van der Waals surface area (Å²) in [5.74, 6) is 0.709. The molecule has 0 bridgehead atoms. The first kappa shape index (κ1) is 12.2. The van der Waals surface area contributed by atoms with E-state index < -0.39 is 0 Å². The lowest BCUT2D eigenvalue weighted by Gasteiger charge is -2.18. The lowest BCUT2D eigenvalue weighted by atomic mass is 10.2. The van der Waals surface area contributed by atoms with E-state index in [1.54, 1.807) is 0 Å². The van der Waals surface area contributed by atoms with Crippen molar-refractivity contribution in [1.82, 2.24) is 15.1 Å². The molecule has 0 saturated heterocycles. The summed E-state index contributed by atoms with van der Waals surface area (Å²) in [6, 6.07) is 2.55. The van der Waals surface area contributed by atoms with Gasteiger partial charge in [-0.2, -0.15) is 5.10 Å². The number of nitrogens with zero attached hydrogens (tertiary/aromatic N) is 2. The van der Waals surface area contributed by atoms with Crippen LogP contribution < -0.4 is 5.32 Å². The van der Waals surface area contributed by atoms with Gasteiger partial charge in [-0.1, -0.05) is 20.8 Å². The third-order valence-corrected chi connectivity index (χ3v) is 2.62. The minimum atomic E-state index is 0.485. The van der Waals surface area contributed by atoms with Gasteiger partial charge in [-0.05, 0) is 31.9 Å². The van der Waals surface area contributed by atoms with Gasteiger partial charge in [0.05, 0.1) is 6.04 Å². The molecule has 15 heavy (non-hydrogen) atoms. The van der Waals surface area contributed by atoms with Gasteiger partial charge in [0.15, 0.2) is 0 Å². The van der Waals surface area contributed by atoms with Crippen molar-refractivity contribution in [2.45, 2.75) is 40.2 Å². The summed E-state index contributed by atoms with van der Waals surface area (Å²) in [7, 11) is 0. The standard InChI is InChI=1S/C12H23N3/c1-5-12(9-13-8-10(2)3)15-11(4)6-7-14-15/h6-7,10,12-13H,5,8-9H2,1-4H3. The van der Waals surface area contributed by atoms with Gasteiger partial charge in [0.25, 0.3) is 0 Å². The van der Waals surface area contributed by atoms with Gasteiger partial charge < -0.3 is 5.32 Å². The second-order valence-corrected chi connectivity index (χ2v) is 4.53. The zero-order valence-electron chi connectivity index (χ0n) is 10.3. The van der Waals surface area contributed by atoms with Crippen LogP contribution in [0.1, 0.15) is 38.9 Å². The van der Waals surface area contributed by atoms with E-state index in [9.17, 15) is 0 Å². The molecule has 0 fully saturated rings. The number of aryl methyl sites for hydroxylation is 1. The maximum absolute atomic E-state index is 4.36. The van der Waals surface area contributed by atoms with Crippen molar-refractivity contribution in [2.24, 2.45) is 5.92 Å². The first-order valence-electron chi connectivity index (χ1n) is 5.86. The molecule has 1 aromatic heterocycles. The smallest absolute Gasteiger partial charge is 0.0644 e. The molecule has 1 atom stereocenters. The molecule has 0 aliphatic carbocycles. The fourth-order valence-corrected chi connectivity index (χ4v) is 1.71. The Labute approximate surface area is 92.9 Å². The molecule has 3 heteroatoms. The summed E-state index contributed by atoms with van der Waals surface area (Å²) >= 11 is 0. The molecule has 1 rings (SSSR count). The Bertz CT molecular complexity index is 278. The second kappa shape index (κ2) is 5.91. The molecule has 0 amide bonds. The molecular formula is C12H23N3. The average molecular weight is 209 g/mol. The van der Waals surface area contributed by atoms with Crippen LogP contribution in [-0.4, -0.2) is 22.9 Å². The van der Waals surface area contributed by atoms with E-state index in [0.29, 0.717) is 12.0 Å². The highest BCUT2D eigenvalue weighted by Gasteiger charge is 2.10. The predicted molar refractivity (Wildman–Crippen MR) is 64.0 cm³/mol. The van der Waals surface area contributed by atoms with E-state index in [4.69, 9.17) is 0 Å². The number of aromatic nitrogens is 2. The Hall–Kier alpha value is -0.830. The van der Waals surface area contributed by atoms with E-state index in [2.05, 4.69) is 48.9 Å². The molecule has 0 spiro atoms. The first-order valence-corrected chi connectivity index (χ1v) is 5.86. The van der Waals surface area contributed by atoms with Crippen LogP contribution in [0.3, 0.4) is 0 Å². The highest BCUT2D eigenvalue weighted by Crippen LogP contribution is 2.11. The summed E-state index contributed by atoms with van der Waals surface area (Å²) < 4.78 is 2.12. The Morgan fingerprint density at radius 2 is 2.13 bits per heavy atom. The van der Waals surface area contributed by atoms with Crippen molar-refractivity contribution in [2.75, 3.05) is 13.1 Å². The summed E-state index contributed by atoms with van der Waals surface area (Å²) in [5, 5.41) is 7.85. The second-order valence-electron chi connectivity index (χ2n) is 4.53. The lowest BCUT2D eigenvalue weighted by molar-refractivity contribution is 0.393. The highest BCUT2D eigenvalue weighted by atomic mass is 15.3. The lowest BCUT2D eigenvalue weighted by Crippen LogP contribution is -2.28. The number of rotatable bonds is 6. The highest BCUT2D eigenvalue weighted by molar-refractivity contribution is 4.98. The van der Waals surface area contributed by atoms with Gasteiger partial charge in [0.2, 0.25) is 0 Å². The minimum absolute atomic E-state index is 0.485. The maximum atomic E-state index is 4.36. The molecule has 1 heterocycles. The van der Waals surface area contributed by atoms with Crippen LogP contribution >= 0.6 is 0 Å². The fourth-order valence-electron chi connectivity index (χ4n) is 1.71. The van der Waals surface area contributed by atoms with Crippen molar-refractivity contribution in [3.63, 3.8) is 0 Å². The van der Waals surface area contributed by atoms with Crippen LogP contribution in [0, 0.1) is 12.8 Å². The number of hydrogen-bond donors (Lipinski definition) is 1. The van der Waals surface area contributed by atoms with E-state index in [1.165, 1.54) is 5.69 Å². The normalized spacial score (nSPS) is 13.4. The summed E-state index contributed by atoms with van der Waals surface area (Å²) in [4.78, 5) is 0. The summed E-state index contributed by atoms with van der Waals surface area (Å²) in [6.07, 6.45) is 2.99. The van der Waals surface area contributed by atoms with Crippen LogP contribution in [0.15, 0.2) is 12.3 Å². The van der Waals surface area contributed by atoms with Gasteiger partial charge in [0, 0.05) is 18.4 Å². The molecule has 0 aromatic carbocycles. The quantitative estimate of drug-likeness (QED) is 0.779. The molecule has 1 aromatic rings. The Balaban J connectivity index is 2.46. The van der Waals surface area contributed by atoms with Crippen molar-refractivity contribution >= 4 is 0 Å². The Morgan fingerprint density at radius 1 is 1.40 bits per heavy atom. The molecule has 3 nitrogen and oxygen atoms in total. The largest absolute Gasteiger partial charge is 0.314 e. The van der Waals surface area contributed by atoms with E-state index in [1.807, 2.05) is 6.20 Å². The van der Waals surface area contributed by atoms with E-state index in [-0.39, 0.29) is 0 Å². The molecular weight excluding hydrogens is 186 g/mol.